The van der Waals surface area contributed by atoms with Gasteiger partial charge in [0.25, 0.3) is 11.8 Å². The summed E-state index contributed by atoms with van der Waals surface area (Å²) in [4.78, 5) is 29.1. The lowest BCUT2D eigenvalue weighted by Crippen LogP contribution is -2.50. The van der Waals surface area contributed by atoms with Gasteiger partial charge in [0, 0.05) is 37.3 Å². The Morgan fingerprint density at radius 2 is 1.50 bits per heavy atom. The highest BCUT2D eigenvalue weighted by molar-refractivity contribution is 5.96. The van der Waals surface area contributed by atoms with Gasteiger partial charge in [0.15, 0.2) is 11.5 Å². The molecule has 32 heavy (non-hydrogen) atoms. The lowest BCUT2D eigenvalue weighted by molar-refractivity contribution is 0.0532. The highest BCUT2D eigenvalue weighted by atomic mass is 19.1. The van der Waals surface area contributed by atoms with E-state index in [4.69, 9.17) is 9.47 Å². The zero-order valence-corrected chi connectivity index (χ0v) is 17.8. The van der Waals surface area contributed by atoms with Gasteiger partial charge in [0.05, 0.1) is 19.9 Å². The third-order valence-corrected chi connectivity index (χ3v) is 5.43. The fraction of sp³-hybridized carbons (Fsp3) is 0.261. The molecule has 0 spiro atoms. The van der Waals surface area contributed by atoms with Crippen molar-refractivity contribution in [1.82, 2.24) is 20.0 Å². The fourth-order valence-electron chi connectivity index (χ4n) is 3.63. The normalized spacial score (nSPS) is 13.7. The highest BCUT2D eigenvalue weighted by Gasteiger charge is 2.27. The molecule has 1 aliphatic rings. The van der Waals surface area contributed by atoms with Crippen molar-refractivity contribution >= 4 is 11.8 Å². The molecule has 3 aromatic rings. The van der Waals surface area contributed by atoms with Gasteiger partial charge in [-0.25, -0.2) is 4.39 Å². The number of aromatic nitrogens is 2. The summed E-state index contributed by atoms with van der Waals surface area (Å²) in [5.41, 5.74) is 2.13. The van der Waals surface area contributed by atoms with E-state index in [2.05, 4.69) is 10.2 Å². The first-order valence-electron chi connectivity index (χ1n) is 10.1. The molecule has 9 heteroatoms. The van der Waals surface area contributed by atoms with Gasteiger partial charge in [-0.1, -0.05) is 0 Å². The van der Waals surface area contributed by atoms with E-state index in [1.807, 2.05) is 0 Å². The minimum atomic E-state index is -0.332. The summed E-state index contributed by atoms with van der Waals surface area (Å²) < 4.78 is 23.6. The monoisotopic (exact) mass is 438 g/mol. The summed E-state index contributed by atoms with van der Waals surface area (Å²) in [5.74, 6) is 0.394. The number of nitrogens with zero attached hydrogens (tertiary/aromatic N) is 3. The number of H-pyrrole nitrogens is 1. The van der Waals surface area contributed by atoms with E-state index in [-0.39, 0.29) is 17.6 Å². The number of carbonyl (C=O) groups excluding carboxylic acids is 2. The number of benzene rings is 2. The average molecular weight is 438 g/mol. The van der Waals surface area contributed by atoms with Crippen molar-refractivity contribution in [3.63, 3.8) is 0 Å². The van der Waals surface area contributed by atoms with Gasteiger partial charge in [0.1, 0.15) is 11.5 Å². The molecule has 8 nitrogen and oxygen atoms in total. The van der Waals surface area contributed by atoms with Crippen molar-refractivity contribution in [2.24, 2.45) is 0 Å². The smallest absolute Gasteiger partial charge is 0.272 e. The molecule has 1 aromatic heterocycles. The number of amides is 2. The Labute approximate surface area is 184 Å². The molecular weight excluding hydrogens is 415 g/mol. The second-order valence-corrected chi connectivity index (χ2v) is 7.33. The van der Waals surface area contributed by atoms with Gasteiger partial charge in [0.2, 0.25) is 0 Å². The lowest BCUT2D eigenvalue weighted by Gasteiger charge is -2.34. The maximum absolute atomic E-state index is 13.1. The Kier molecular flexibility index (Phi) is 6.07. The molecule has 0 unspecified atom stereocenters. The van der Waals surface area contributed by atoms with Crippen LogP contribution < -0.4 is 9.47 Å². The lowest BCUT2D eigenvalue weighted by atomic mass is 10.1. The van der Waals surface area contributed by atoms with E-state index in [0.717, 1.165) is 0 Å². The van der Waals surface area contributed by atoms with Crippen LogP contribution in [0.3, 0.4) is 0 Å². The first kappa shape index (κ1) is 21.4. The minimum absolute atomic E-state index is 0.127. The number of rotatable bonds is 5. The minimum Gasteiger partial charge on any atom is -0.493 e. The number of hydrogen-bond acceptors (Lipinski definition) is 5. The number of methoxy groups -OCH3 is 2. The zero-order valence-electron chi connectivity index (χ0n) is 17.8. The van der Waals surface area contributed by atoms with Gasteiger partial charge in [-0.05, 0) is 48.5 Å². The van der Waals surface area contributed by atoms with Gasteiger partial charge < -0.3 is 19.3 Å². The van der Waals surface area contributed by atoms with Crippen LogP contribution in [-0.4, -0.2) is 72.2 Å². The van der Waals surface area contributed by atoms with Crippen LogP contribution in [0.1, 0.15) is 20.8 Å². The van der Waals surface area contributed by atoms with E-state index in [1.165, 1.54) is 26.4 Å². The zero-order chi connectivity index (χ0) is 22.7. The van der Waals surface area contributed by atoms with E-state index in [9.17, 15) is 14.0 Å². The van der Waals surface area contributed by atoms with Crippen LogP contribution in [0.4, 0.5) is 4.39 Å². The summed E-state index contributed by atoms with van der Waals surface area (Å²) in [6, 6.07) is 12.6. The summed E-state index contributed by atoms with van der Waals surface area (Å²) in [7, 11) is 3.06. The van der Waals surface area contributed by atoms with Gasteiger partial charge in [-0.2, -0.15) is 5.10 Å². The predicted octanol–water partition coefficient (Wildman–Crippen LogP) is 2.83. The molecule has 2 aromatic carbocycles. The second kappa shape index (κ2) is 9.09. The molecule has 0 radical (unpaired) electrons. The molecule has 1 fully saturated rings. The Morgan fingerprint density at radius 1 is 0.875 bits per heavy atom. The highest BCUT2D eigenvalue weighted by Crippen LogP contribution is 2.28. The van der Waals surface area contributed by atoms with Gasteiger partial charge in [-0.15, -0.1) is 0 Å². The maximum Gasteiger partial charge on any atom is 0.272 e. The number of hydrogen-bond donors (Lipinski definition) is 1. The van der Waals surface area contributed by atoms with E-state index < -0.39 is 0 Å². The molecule has 0 aliphatic carbocycles. The third kappa shape index (κ3) is 4.27. The summed E-state index contributed by atoms with van der Waals surface area (Å²) in [6.45, 7) is 1.64. The molecule has 166 valence electrons. The van der Waals surface area contributed by atoms with Gasteiger partial charge >= 0.3 is 0 Å². The topological polar surface area (TPSA) is 87.8 Å². The summed E-state index contributed by atoms with van der Waals surface area (Å²) >= 11 is 0. The number of aromatic amines is 1. The largest absolute Gasteiger partial charge is 0.493 e. The second-order valence-electron chi connectivity index (χ2n) is 7.33. The molecular formula is C23H23FN4O4. The third-order valence-electron chi connectivity index (χ3n) is 5.43. The van der Waals surface area contributed by atoms with Crippen LogP contribution in [0.15, 0.2) is 48.5 Å². The van der Waals surface area contributed by atoms with Crippen molar-refractivity contribution in [2.45, 2.75) is 0 Å². The standard InChI is InChI=1S/C23H23FN4O4/c1-31-20-8-5-16(13-21(20)32-2)22(29)27-9-11-28(12-10-27)23(30)19-14-18(25-26-19)15-3-6-17(24)7-4-15/h3-8,13-14H,9-12H2,1-2H3,(H,25,26). The van der Waals surface area contributed by atoms with Crippen LogP contribution in [0.2, 0.25) is 0 Å². The van der Waals surface area contributed by atoms with Crippen LogP contribution in [0, 0.1) is 5.82 Å². The molecule has 0 saturated carbocycles. The summed E-state index contributed by atoms with van der Waals surface area (Å²) in [6.07, 6.45) is 0. The van der Waals surface area contributed by atoms with Crippen molar-refractivity contribution < 1.29 is 23.5 Å². The summed E-state index contributed by atoms with van der Waals surface area (Å²) in [5, 5.41) is 6.92. The molecule has 2 amide bonds. The maximum atomic E-state index is 13.1. The Balaban J connectivity index is 1.39. The van der Waals surface area contributed by atoms with Crippen LogP contribution in [0.5, 0.6) is 11.5 Å². The number of carbonyl (C=O) groups is 2. The van der Waals surface area contributed by atoms with E-state index >= 15 is 0 Å². The van der Waals surface area contributed by atoms with Crippen molar-refractivity contribution in [3.05, 3.63) is 65.6 Å². The van der Waals surface area contributed by atoms with Crippen molar-refractivity contribution in [1.29, 1.82) is 0 Å². The molecule has 1 N–H and O–H groups in total. The molecule has 1 aliphatic heterocycles. The van der Waals surface area contributed by atoms with Crippen LogP contribution >= 0.6 is 0 Å². The Hall–Kier alpha value is -3.88. The van der Waals surface area contributed by atoms with Gasteiger partial charge in [-0.3, -0.25) is 14.7 Å². The molecule has 1 saturated heterocycles. The molecule has 0 bridgehead atoms. The van der Waals surface area contributed by atoms with Crippen molar-refractivity contribution in [3.8, 4) is 22.8 Å². The quantitative estimate of drug-likeness (QED) is 0.662. The van der Waals surface area contributed by atoms with E-state index in [0.29, 0.717) is 60.2 Å². The average Bonchev–Trinajstić information content (AvgIpc) is 3.33. The SMILES string of the molecule is COc1ccc(C(=O)N2CCN(C(=O)c3cc(-c4ccc(F)cc4)n[nH]3)CC2)cc1OC. The van der Waals surface area contributed by atoms with Crippen LogP contribution in [-0.2, 0) is 0 Å². The number of ether oxygens (including phenoxy) is 2. The predicted molar refractivity (Wildman–Crippen MR) is 115 cm³/mol. The first-order chi connectivity index (χ1) is 15.5. The molecule has 2 heterocycles. The Morgan fingerprint density at radius 3 is 2.12 bits per heavy atom. The van der Waals surface area contributed by atoms with Crippen molar-refractivity contribution in [2.75, 3.05) is 40.4 Å². The Bertz CT molecular complexity index is 1120. The number of nitrogens with one attached hydrogen (secondary N) is 1. The molecule has 0 atom stereocenters. The first-order valence-corrected chi connectivity index (χ1v) is 10.1. The molecule has 4 rings (SSSR count). The van der Waals surface area contributed by atoms with E-state index in [1.54, 1.807) is 46.2 Å². The number of halogens is 1. The fourth-order valence-corrected chi connectivity index (χ4v) is 3.63. The number of piperazine rings is 1. The van der Waals surface area contributed by atoms with Crippen LogP contribution in [0.25, 0.3) is 11.3 Å².